The highest BCUT2D eigenvalue weighted by atomic mass is 16.6. The lowest BCUT2D eigenvalue weighted by Crippen LogP contribution is -2.40. The van der Waals surface area contributed by atoms with E-state index in [0.29, 0.717) is 6.42 Å². The van der Waals surface area contributed by atoms with Crippen LogP contribution in [0.1, 0.15) is 43.5 Å². The predicted octanol–water partition coefficient (Wildman–Crippen LogP) is 2.38. The average molecular weight is 354 g/mol. The highest BCUT2D eigenvalue weighted by molar-refractivity contribution is 6.00. The second kappa shape index (κ2) is 9.45. The highest BCUT2D eigenvalue weighted by Crippen LogP contribution is 2.34. The Morgan fingerprint density at radius 3 is 2.48 bits per heavy atom. The zero-order chi connectivity index (χ0) is 19.0. The molecule has 0 aromatic heterocycles. The van der Waals surface area contributed by atoms with E-state index in [1.54, 1.807) is 6.92 Å². The summed E-state index contributed by atoms with van der Waals surface area (Å²) < 4.78 is 10.4. The van der Waals surface area contributed by atoms with Crippen molar-refractivity contribution >= 4 is 17.6 Å². The molecule has 1 amide bonds. The van der Waals surface area contributed by atoms with Gasteiger partial charge in [-0.15, -0.1) is 0 Å². The van der Waals surface area contributed by atoms with E-state index in [0.717, 1.165) is 12.5 Å². The number of unbranched alkanes of at least 4 members (excludes halogenated alkanes) is 1. The first-order valence-corrected chi connectivity index (χ1v) is 7.88. The fourth-order valence-electron chi connectivity index (χ4n) is 2.21. The summed E-state index contributed by atoms with van der Waals surface area (Å²) in [5.41, 5.74) is -0.769. The summed E-state index contributed by atoms with van der Waals surface area (Å²) in [7, 11) is 1.33. The molecule has 0 saturated heterocycles. The van der Waals surface area contributed by atoms with Gasteiger partial charge in [-0.1, -0.05) is 19.8 Å². The largest absolute Gasteiger partial charge is 0.493 e. The molecule has 0 aliphatic rings. The molecule has 1 aromatic rings. The predicted molar refractivity (Wildman–Crippen MR) is 89.2 cm³/mol. The Bertz CT molecular complexity index is 646. The summed E-state index contributed by atoms with van der Waals surface area (Å²) in [6.45, 7) is 3.87. The Balaban J connectivity index is 3.23. The molecule has 0 aliphatic carbocycles. The molecule has 1 aromatic carbocycles. The highest BCUT2D eigenvalue weighted by Gasteiger charge is 2.28. The van der Waals surface area contributed by atoms with Crippen molar-refractivity contribution in [2.45, 2.75) is 39.2 Å². The van der Waals surface area contributed by atoms with Crippen LogP contribution in [0.5, 0.6) is 11.5 Å². The van der Waals surface area contributed by atoms with Crippen LogP contribution in [-0.4, -0.2) is 41.7 Å². The van der Waals surface area contributed by atoms with Crippen LogP contribution in [-0.2, 0) is 4.79 Å². The number of nitro benzene ring substituents is 1. The lowest BCUT2D eigenvalue weighted by molar-refractivity contribution is -0.385. The van der Waals surface area contributed by atoms with Crippen molar-refractivity contribution in [1.29, 1.82) is 0 Å². The smallest absolute Gasteiger partial charge is 0.326 e. The van der Waals surface area contributed by atoms with Gasteiger partial charge < -0.3 is 19.9 Å². The van der Waals surface area contributed by atoms with Crippen LogP contribution in [0.4, 0.5) is 5.69 Å². The molecule has 138 valence electrons. The molecule has 0 radical (unpaired) electrons. The van der Waals surface area contributed by atoms with Gasteiger partial charge in [0.15, 0.2) is 11.5 Å². The van der Waals surface area contributed by atoms with Gasteiger partial charge in [-0.05, 0) is 13.3 Å². The Hall–Kier alpha value is -2.84. The molecule has 9 nitrogen and oxygen atoms in total. The topological polar surface area (TPSA) is 128 Å². The van der Waals surface area contributed by atoms with Crippen molar-refractivity contribution in [3.8, 4) is 11.5 Å². The second-order valence-electron chi connectivity index (χ2n) is 5.22. The van der Waals surface area contributed by atoms with E-state index in [2.05, 4.69) is 5.32 Å². The summed E-state index contributed by atoms with van der Waals surface area (Å²) in [4.78, 5) is 34.2. The number of carbonyl (C=O) groups is 2. The van der Waals surface area contributed by atoms with Crippen molar-refractivity contribution < 1.29 is 29.1 Å². The normalized spacial score (nSPS) is 11.5. The fraction of sp³-hybridized carbons (Fsp3) is 0.500. The van der Waals surface area contributed by atoms with E-state index in [4.69, 9.17) is 9.47 Å². The number of carboxylic acid groups (broad SMARTS) is 1. The fourth-order valence-corrected chi connectivity index (χ4v) is 2.21. The molecular formula is C16H22N2O7. The number of ether oxygens (including phenoxy) is 2. The minimum absolute atomic E-state index is 0.117. The lowest BCUT2D eigenvalue weighted by atomic mass is 10.1. The van der Waals surface area contributed by atoms with Crippen molar-refractivity contribution in [3.05, 3.63) is 27.8 Å². The zero-order valence-electron chi connectivity index (χ0n) is 14.4. The van der Waals surface area contributed by atoms with Gasteiger partial charge in [0.2, 0.25) is 0 Å². The first kappa shape index (κ1) is 20.2. The van der Waals surface area contributed by atoms with E-state index >= 15 is 0 Å². The van der Waals surface area contributed by atoms with Crippen LogP contribution in [0.3, 0.4) is 0 Å². The van der Waals surface area contributed by atoms with Gasteiger partial charge in [0, 0.05) is 6.07 Å². The molecule has 0 spiro atoms. The average Bonchev–Trinajstić information content (AvgIpc) is 2.57. The van der Waals surface area contributed by atoms with Crippen LogP contribution >= 0.6 is 0 Å². The third-order valence-corrected chi connectivity index (χ3v) is 3.47. The molecule has 1 rings (SSSR count). The Morgan fingerprint density at radius 1 is 1.32 bits per heavy atom. The molecule has 1 atom stereocenters. The number of amides is 1. The molecule has 0 bridgehead atoms. The molecule has 0 fully saturated rings. The van der Waals surface area contributed by atoms with Crippen LogP contribution in [0.2, 0.25) is 0 Å². The Labute approximate surface area is 145 Å². The maximum absolute atomic E-state index is 12.4. The molecule has 25 heavy (non-hydrogen) atoms. The first-order chi connectivity index (χ1) is 11.8. The number of rotatable bonds is 10. The van der Waals surface area contributed by atoms with Gasteiger partial charge in [0.25, 0.3) is 11.6 Å². The monoisotopic (exact) mass is 354 g/mol. The van der Waals surface area contributed by atoms with E-state index in [-0.39, 0.29) is 30.1 Å². The molecule has 1 unspecified atom stereocenters. The third kappa shape index (κ3) is 5.33. The summed E-state index contributed by atoms with van der Waals surface area (Å²) >= 11 is 0. The van der Waals surface area contributed by atoms with Crippen LogP contribution in [0.15, 0.2) is 12.1 Å². The van der Waals surface area contributed by atoms with Gasteiger partial charge in [-0.2, -0.15) is 0 Å². The molecule has 0 heterocycles. The minimum atomic E-state index is -1.19. The number of nitrogens with zero attached hydrogens (tertiary/aromatic N) is 1. The van der Waals surface area contributed by atoms with Gasteiger partial charge >= 0.3 is 5.97 Å². The van der Waals surface area contributed by atoms with Gasteiger partial charge in [0.1, 0.15) is 11.6 Å². The van der Waals surface area contributed by atoms with Crippen LogP contribution < -0.4 is 14.8 Å². The van der Waals surface area contributed by atoms with E-state index in [1.807, 2.05) is 6.92 Å². The molecule has 9 heteroatoms. The molecule has 0 saturated carbocycles. The number of aliphatic carboxylic acids is 1. The van der Waals surface area contributed by atoms with E-state index in [9.17, 15) is 24.8 Å². The number of nitro groups is 1. The number of hydrogen-bond acceptors (Lipinski definition) is 6. The molecule has 0 aliphatic heterocycles. The van der Waals surface area contributed by atoms with Crippen molar-refractivity contribution in [2.24, 2.45) is 0 Å². The van der Waals surface area contributed by atoms with E-state index < -0.39 is 28.5 Å². The second-order valence-corrected chi connectivity index (χ2v) is 5.22. The zero-order valence-corrected chi connectivity index (χ0v) is 14.4. The van der Waals surface area contributed by atoms with Crippen molar-refractivity contribution in [1.82, 2.24) is 5.32 Å². The quantitative estimate of drug-likeness (QED) is 0.487. The summed E-state index contributed by atoms with van der Waals surface area (Å²) in [6.07, 6.45) is 1.60. The number of carboxylic acids is 1. The SMILES string of the molecule is CCCCC(NC(=O)c1cc(OCC)c(OC)cc1[N+](=O)[O-])C(=O)O. The number of benzene rings is 1. The Kier molecular flexibility index (Phi) is 7.64. The number of hydrogen-bond donors (Lipinski definition) is 2. The van der Waals surface area contributed by atoms with Crippen LogP contribution in [0.25, 0.3) is 0 Å². The summed E-state index contributed by atoms with van der Waals surface area (Å²) in [5.74, 6) is -1.76. The summed E-state index contributed by atoms with van der Waals surface area (Å²) in [6, 6.07) is 1.15. The van der Waals surface area contributed by atoms with Gasteiger partial charge in [0.05, 0.1) is 24.7 Å². The number of nitrogens with one attached hydrogen (secondary N) is 1. The summed E-state index contributed by atoms with van der Waals surface area (Å²) in [5, 5.41) is 22.8. The third-order valence-electron chi connectivity index (χ3n) is 3.47. The van der Waals surface area contributed by atoms with E-state index in [1.165, 1.54) is 13.2 Å². The maximum atomic E-state index is 12.4. The Morgan fingerprint density at radius 2 is 2.00 bits per heavy atom. The van der Waals surface area contributed by atoms with Crippen LogP contribution in [0, 0.1) is 10.1 Å². The standard InChI is InChI=1S/C16H22N2O7/c1-4-6-7-11(16(20)21)17-15(19)10-8-14(25-5-2)13(24-3)9-12(10)18(22)23/h8-9,11H,4-7H2,1-3H3,(H,17,19)(H,20,21). The van der Waals surface area contributed by atoms with Crippen molar-refractivity contribution in [3.63, 3.8) is 0 Å². The van der Waals surface area contributed by atoms with Crippen molar-refractivity contribution in [2.75, 3.05) is 13.7 Å². The molecule has 2 N–H and O–H groups in total. The number of carbonyl (C=O) groups excluding carboxylic acids is 1. The van der Waals surface area contributed by atoms with Gasteiger partial charge in [-0.25, -0.2) is 4.79 Å². The lowest BCUT2D eigenvalue weighted by Gasteiger charge is -2.15. The minimum Gasteiger partial charge on any atom is -0.493 e. The first-order valence-electron chi connectivity index (χ1n) is 7.88. The number of methoxy groups -OCH3 is 1. The maximum Gasteiger partial charge on any atom is 0.326 e. The molecular weight excluding hydrogens is 332 g/mol. The van der Waals surface area contributed by atoms with Gasteiger partial charge in [-0.3, -0.25) is 14.9 Å².